The van der Waals surface area contributed by atoms with E-state index in [9.17, 15) is 22.0 Å². The van der Waals surface area contributed by atoms with Crippen molar-refractivity contribution in [1.29, 1.82) is 0 Å². The van der Waals surface area contributed by atoms with Gasteiger partial charge in [-0.2, -0.15) is 10.1 Å². The second-order valence-electron chi connectivity index (χ2n) is 8.36. The molecule has 1 amide bonds. The number of hydrogen-bond acceptors (Lipinski definition) is 10. The second kappa shape index (κ2) is 11.1. The van der Waals surface area contributed by atoms with Crippen LogP contribution in [-0.2, 0) is 21.3 Å². The highest BCUT2D eigenvalue weighted by Gasteiger charge is 2.26. The molecule has 0 unspecified atom stereocenters. The zero-order valence-corrected chi connectivity index (χ0v) is 21.3. The van der Waals surface area contributed by atoms with Gasteiger partial charge < -0.3 is 15.0 Å². The van der Waals surface area contributed by atoms with E-state index in [1.807, 2.05) is 31.6 Å². The van der Waals surface area contributed by atoms with E-state index in [-0.39, 0.29) is 47.7 Å². The maximum atomic E-state index is 12.8. The van der Waals surface area contributed by atoms with Gasteiger partial charge in [-0.05, 0) is 38.5 Å². The molecule has 0 aromatic carbocycles. The Hall–Kier alpha value is -3.46. The summed E-state index contributed by atoms with van der Waals surface area (Å²) in [5, 5.41) is 7.36. The molecule has 0 fully saturated rings. The highest BCUT2D eigenvalue weighted by atomic mass is 32.2. The summed E-state index contributed by atoms with van der Waals surface area (Å²) in [7, 11) is -2.14. The number of anilines is 3. The lowest BCUT2D eigenvalue weighted by atomic mass is 10.3. The summed E-state index contributed by atoms with van der Waals surface area (Å²) in [6.07, 6.45) is -0.193. The van der Waals surface area contributed by atoms with Gasteiger partial charge in [-0.3, -0.25) is 9.48 Å². The number of carbonyl (C=O) groups is 1. The van der Waals surface area contributed by atoms with Crippen molar-refractivity contribution < 1.29 is 26.7 Å². The van der Waals surface area contributed by atoms with Crippen LogP contribution in [0.3, 0.4) is 0 Å². The lowest BCUT2D eigenvalue weighted by molar-refractivity contribution is 0.0143. The number of aromatic nitrogens is 5. The molecule has 0 radical (unpaired) electrons. The minimum atomic E-state index is -3.90. The number of aryl methyl sites for hydroxylation is 1. The summed E-state index contributed by atoms with van der Waals surface area (Å²) >= 11 is 0. The third kappa shape index (κ3) is 6.81. The van der Waals surface area contributed by atoms with Gasteiger partial charge in [0.15, 0.2) is 11.5 Å². The topological polar surface area (TPSA) is 144 Å². The molecule has 0 bridgehead atoms. The van der Waals surface area contributed by atoms with Gasteiger partial charge in [-0.15, -0.1) is 0 Å². The zero-order chi connectivity index (χ0) is 26.6. The SMILES string of the molecule is Cc1ccnc(Nc2nc(N(C)C(C)C)nc3c(C(=O)NS(C)(=O)=O)nn(CCOCC(F)F)c23)c1. The van der Waals surface area contributed by atoms with Crippen LogP contribution in [0.2, 0.25) is 0 Å². The molecule has 0 saturated heterocycles. The van der Waals surface area contributed by atoms with Gasteiger partial charge in [-0.1, -0.05) is 0 Å². The number of carbonyl (C=O) groups excluding carboxylic acids is 1. The Morgan fingerprint density at radius 1 is 1.28 bits per heavy atom. The minimum absolute atomic E-state index is 0.0153. The van der Waals surface area contributed by atoms with Gasteiger partial charge >= 0.3 is 0 Å². The largest absolute Gasteiger partial charge is 0.374 e. The molecular weight excluding hydrogens is 498 g/mol. The van der Waals surface area contributed by atoms with E-state index in [1.54, 1.807) is 24.2 Å². The molecule has 36 heavy (non-hydrogen) atoms. The van der Waals surface area contributed by atoms with Gasteiger partial charge in [0.05, 0.1) is 19.4 Å². The third-order valence-corrected chi connectivity index (χ3v) is 5.57. The van der Waals surface area contributed by atoms with Crippen molar-refractivity contribution in [3.63, 3.8) is 0 Å². The number of hydrogen-bond donors (Lipinski definition) is 2. The van der Waals surface area contributed by atoms with Crippen LogP contribution in [0.15, 0.2) is 18.3 Å². The van der Waals surface area contributed by atoms with Gasteiger partial charge in [0.1, 0.15) is 23.5 Å². The lowest BCUT2D eigenvalue weighted by Crippen LogP contribution is -2.30. The number of amides is 1. The van der Waals surface area contributed by atoms with Gasteiger partial charge in [0.2, 0.25) is 16.0 Å². The summed E-state index contributed by atoms with van der Waals surface area (Å²) in [5.74, 6) is -0.0573. The van der Waals surface area contributed by atoms with Crippen LogP contribution in [0.5, 0.6) is 0 Å². The Labute approximate surface area is 207 Å². The maximum Gasteiger partial charge on any atom is 0.287 e. The first-order valence-electron chi connectivity index (χ1n) is 10.9. The number of rotatable bonds is 11. The Balaban J connectivity index is 2.20. The van der Waals surface area contributed by atoms with E-state index in [4.69, 9.17) is 4.74 Å². The van der Waals surface area contributed by atoms with Crippen LogP contribution < -0.4 is 14.9 Å². The lowest BCUT2D eigenvalue weighted by Gasteiger charge is -2.22. The first-order chi connectivity index (χ1) is 16.9. The van der Waals surface area contributed by atoms with Gasteiger partial charge in [-0.25, -0.2) is 31.9 Å². The molecule has 0 aliphatic rings. The van der Waals surface area contributed by atoms with Gasteiger partial charge in [0.25, 0.3) is 12.3 Å². The van der Waals surface area contributed by atoms with E-state index < -0.39 is 29.0 Å². The van der Waals surface area contributed by atoms with Crippen LogP contribution in [-0.4, -0.2) is 78.0 Å². The number of alkyl halides is 2. The van der Waals surface area contributed by atoms with Crippen molar-refractivity contribution >= 4 is 44.5 Å². The molecule has 3 aromatic heterocycles. The van der Waals surface area contributed by atoms with Crippen molar-refractivity contribution in [3.8, 4) is 0 Å². The Morgan fingerprint density at radius 2 is 2.00 bits per heavy atom. The molecule has 3 aromatic rings. The summed E-state index contributed by atoms with van der Waals surface area (Å²) in [4.78, 5) is 28.0. The highest BCUT2D eigenvalue weighted by molar-refractivity contribution is 7.89. The van der Waals surface area contributed by atoms with Crippen molar-refractivity contribution in [1.82, 2.24) is 29.5 Å². The Bertz CT molecular complexity index is 1350. The van der Waals surface area contributed by atoms with Gasteiger partial charge in [0, 0.05) is 19.3 Å². The van der Waals surface area contributed by atoms with E-state index >= 15 is 0 Å². The second-order valence-corrected chi connectivity index (χ2v) is 10.1. The molecule has 0 atom stereocenters. The summed E-state index contributed by atoms with van der Waals surface area (Å²) in [5.41, 5.74) is 0.973. The first-order valence-corrected chi connectivity index (χ1v) is 12.8. The average Bonchev–Trinajstić information content (AvgIpc) is 3.14. The van der Waals surface area contributed by atoms with E-state index in [0.717, 1.165) is 11.8 Å². The van der Waals surface area contributed by atoms with Crippen molar-refractivity contribution in [2.75, 3.05) is 36.7 Å². The molecule has 0 aliphatic heterocycles. The fraction of sp³-hybridized carbons (Fsp3) is 0.476. The summed E-state index contributed by atoms with van der Waals surface area (Å²) in [6.45, 7) is 4.78. The highest BCUT2D eigenvalue weighted by Crippen LogP contribution is 2.29. The maximum absolute atomic E-state index is 12.8. The standard InChI is InChI=1S/C21H28F2N8O4S/c1-12(2)30(4)21-26-16-17(20(32)29-36(5,33)34)28-31(8-9-35-11-14(22)23)18(16)19(27-21)25-15-10-13(3)6-7-24-15/h6-7,10,12,14H,8-9,11H2,1-5H3,(H,29,32)(H,24,25,26,27). The number of halogens is 2. The normalized spacial score (nSPS) is 11.9. The summed E-state index contributed by atoms with van der Waals surface area (Å²) < 4.78 is 56.6. The molecule has 2 N–H and O–H groups in total. The van der Waals surface area contributed by atoms with E-state index in [2.05, 4.69) is 25.4 Å². The number of sulfonamides is 1. The molecule has 196 valence electrons. The molecule has 0 aliphatic carbocycles. The minimum Gasteiger partial charge on any atom is -0.374 e. The van der Waals surface area contributed by atoms with Crippen molar-refractivity contribution in [3.05, 3.63) is 29.6 Å². The molecule has 3 rings (SSSR count). The Kier molecular flexibility index (Phi) is 8.35. The van der Waals surface area contributed by atoms with Crippen molar-refractivity contribution in [2.45, 2.75) is 39.8 Å². The average molecular weight is 527 g/mol. The molecule has 12 nitrogen and oxygen atoms in total. The number of pyridine rings is 1. The monoisotopic (exact) mass is 526 g/mol. The number of nitrogens with zero attached hydrogens (tertiary/aromatic N) is 6. The predicted molar refractivity (Wildman–Crippen MR) is 130 cm³/mol. The quantitative estimate of drug-likeness (QED) is 0.356. The van der Waals surface area contributed by atoms with Crippen LogP contribution >= 0.6 is 0 Å². The third-order valence-electron chi connectivity index (χ3n) is 5.01. The number of ether oxygens (including phenoxy) is 1. The number of nitrogens with one attached hydrogen (secondary N) is 2. The fourth-order valence-electron chi connectivity index (χ4n) is 3.13. The van der Waals surface area contributed by atoms with Crippen molar-refractivity contribution in [2.24, 2.45) is 0 Å². The zero-order valence-electron chi connectivity index (χ0n) is 20.5. The first kappa shape index (κ1) is 27.1. The Morgan fingerprint density at radius 3 is 2.61 bits per heavy atom. The van der Waals surface area contributed by atoms with Crippen LogP contribution in [0, 0.1) is 6.92 Å². The number of fused-ring (bicyclic) bond motifs is 1. The van der Waals surface area contributed by atoms with E-state index in [0.29, 0.717) is 5.82 Å². The smallest absolute Gasteiger partial charge is 0.287 e. The molecule has 15 heteroatoms. The molecule has 3 heterocycles. The predicted octanol–water partition coefficient (Wildman–Crippen LogP) is 2.09. The van der Waals surface area contributed by atoms with Crippen LogP contribution in [0.25, 0.3) is 11.0 Å². The fourth-order valence-corrected chi connectivity index (χ4v) is 3.56. The molecular formula is C21H28F2N8O4S. The molecule has 0 saturated carbocycles. The van der Waals surface area contributed by atoms with Crippen LogP contribution in [0.4, 0.5) is 26.4 Å². The molecule has 0 spiro atoms. The summed E-state index contributed by atoms with van der Waals surface area (Å²) in [6, 6.07) is 3.58. The van der Waals surface area contributed by atoms with E-state index in [1.165, 1.54) is 4.68 Å². The van der Waals surface area contributed by atoms with Crippen LogP contribution in [0.1, 0.15) is 29.9 Å².